The second-order valence-corrected chi connectivity index (χ2v) is 10.1. The number of ether oxygens (including phenoxy) is 3. The molecule has 2 aliphatic rings. The number of benzene rings is 2. The van der Waals surface area contributed by atoms with Gasteiger partial charge < -0.3 is 30.4 Å². The first kappa shape index (κ1) is 29.8. The number of nitrogens with zero attached hydrogens (tertiary/aromatic N) is 4. The molecule has 42 heavy (non-hydrogen) atoms. The normalized spacial score (nSPS) is 18.7. The molecule has 3 aromatic rings. The summed E-state index contributed by atoms with van der Waals surface area (Å²) in [7, 11) is 0. The van der Waals surface area contributed by atoms with Crippen LogP contribution in [0.15, 0.2) is 48.7 Å². The average molecular weight is 580 g/mol. The largest absolute Gasteiger partial charge is 0.379 e. The van der Waals surface area contributed by atoms with Crippen LogP contribution in [0.4, 0.5) is 5.69 Å². The van der Waals surface area contributed by atoms with Gasteiger partial charge in [-0.2, -0.15) is 0 Å². The summed E-state index contributed by atoms with van der Waals surface area (Å²) in [5.74, 6) is -0.636. The number of imide groups is 1. The Hall–Kier alpha value is -3.72. The highest BCUT2D eigenvalue weighted by Crippen LogP contribution is 2.42. The number of piperidine rings is 1. The van der Waals surface area contributed by atoms with Crippen LogP contribution in [0, 0.1) is 0 Å². The van der Waals surface area contributed by atoms with Gasteiger partial charge in [0.25, 0.3) is 0 Å². The van der Waals surface area contributed by atoms with Crippen LogP contribution in [0.5, 0.6) is 0 Å². The van der Waals surface area contributed by atoms with Gasteiger partial charge in [-0.1, -0.05) is 41.6 Å². The number of nitrogens with one attached hydrogen (secondary N) is 2. The van der Waals surface area contributed by atoms with E-state index in [0.29, 0.717) is 59.1 Å². The fourth-order valence-electron chi connectivity index (χ4n) is 5.29. The molecule has 13 heteroatoms. The molecule has 1 saturated heterocycles. The van der Waals surface area contributed by atoms with Crippen LogP contribution in [0.25, 0.3) is 11.1 Å². The van der Waals surface area contributed by atoms with Gasteiger partial charge in [0.05, 0.1) is 65.1 Å². The second-order valence-electron chi connectivity index (χ2n) is 10.1. The molecule has 3 heterocycles. The standard InChI is InChI=1S/C29H37N7O6/c30-19-42-15-14-41-13-12-40-11-10-35-18-21(33-34-35)16-31-24-7-2-1-5-22(24)23-6-3-4-20-17-36(29(39)27(20)23)25-8-9-26(37)32-28(25)38/h1-7,18,25,29,31,39H,8-17,19,30H2,(H,32,37,38). The first-order chi connectivity index (χ1) is 20.5. The number of amides is 2. The fourth-order valence-corrected chi connectivity index (χ4v) is 5.29. The maximum absolute atomic E-state index is 12.5. The van der Waals surface area contributed by atoms with Crippen molar-refractivity contribution in [1.29, 1.82) is 0 Å². The summed E-state index contributed by atoms with van der Waals surface area (Å²) in [4.78, 5) is 25.9. The molecule has 2 amide bonds. The molecule has 13 nitrogen and oxygen atoms in total. The molecule has 5 N–H and O–H groups in total. The monoisotopic (exact) mass is 579 g/mol. The second kappa shape index (κ2) is 14.4. The summed E-state index contributed by atoms with van der Waals surface area (Å²) in [5, 5.41) is 25.7. The highest BCUT2D eigenvalue weighted by molar-refractivity contribution is 6.00. The quantitative estimate of drug-likeness (QED) is 0.116. The molecule has 0 bridgehead atoms. The Morgan fingerprint density at radius 3 is 2.57 bits per heavy atom. The van der Waals surface area contributed by atoms with Gasteiger partial charge in [-0.05, 0) is 23.6 Å². The average Bonchev–Trinajstić information content (AvgIpc) is 3.59. The predicted octanol–water partition coefficient (Wildman–Crippen LogP) is 1.13. The summed E-state index contributed by atoms with van der Waals surface area (Å²) in [6, 6.07) is 13.2. The van der Waals surface area contributed by atoms with Crippen LogP contribution in [0.1, 0.15) is 35.9 Å². The topological polar surface area (TPSA) is 166 Å². The summed E-state index contributed by atoms with van der Waals surface area (Å²) >= 11 is 0. The molecule has 2 aromatic carbocycles. The molecular formula is C29H37N7O6. The van der Waals surface area contributed by atoms with E-state index in [9.17, 15) is 14.7 Å². The number of aliphatic hydroxyl groups excluding tert-OH is 1. The number of nitrogens with two attached hydrogens (primary N) is 1. The highest BCUT2D eigenvalue weighted by Gasteiger charge is 2.40. The molecule has 5 rings (SSSR count). The predicted molar refractivity (Wildman–Crippen MR) is 153 cm³/mol. The van der Waals surface area contributed by atoms with Gasteiger partial charge >= 0.3 is 0 Å². The lowest BCUT2D eigenvalue weighted by Gasteiger charge is -2.32. The van der Waals surface area contributed by atoms with Gasteiger partial charge in [0, 0.05) is 29.8 Å². The molecule has 224 valence electrons. The van der Waals surface area contributed by atoms with Crippen molar-refractivity contribution < 1.29 is 28.9 Å². The zero-order valence-electron chi connectivity index (χ0n) is 23.4. The summed E-state index contributed by atoms with van der Waals surface area (Å²) in [6.07, 6.45) is 1.55. The van der Waals surface area contributed by atoms with Crippen LogP contribution in [-0.4, -0.2) is 82.6 Å². The maximum atomic E-state index is 12.5. The van der Waals surface area contributed by atoms with Crippen molar-refractivity contribution in [3.8, 4) is 11.1 Å². The summed E-state index contributed by atoms with van der Waals surface area (Å²) in [6.45, 7) is 4.03. The molecule has 2 aliphatic heterocycles. The Labute approximate surface area is 243 Å². The van der Waals surface area contributed by atoms with E-state index in [2.05, 4.69) is 20.9 Å². The lowest BCUT2D eigenvalue weighted by molar-refractivity contribution is -0.141. The number of hydrogen-bond donors (Lipinski definition) is 4. The SMILES string of the molecule is NCOCCOCCOCCn1cc(CNc2ccccc2-c2cccc3c2C(O)N(C2CCC(=O)NC2=O)C3)nn1. The fraction of sp³-hybridized carbons (Fsp3) is 0.448. The van der Waals surface area contributed by atoms with E-state index in [-0.39, 0.29) is 25.0 Å². The van der Waals surface area contributed by atoms with Gasteiger partial charge in [0.1, 0.15) is 11.9 Å². The van der Waals surface area contributed by atoms with Crippen molar-refractivity contribution in [2.24, 2.45) is 5.73 Å². The molecule has 1 aromatic heterocycles. The third-order valence-corrected chi connectivity index (χ3v) is 7.32. The number of aromatic nitrogens is 3. The highest BCUT2D eigenvalue weighted by atomic mass is 16.5. The van der Waals surface area contributed by atoms with Crippen molar-refractivity contribution >= 4 is 17.5 Å². The van der Waals surface area contributed by atoms with Crippen LogP contribution >= 0.6 is 0 Å². The van der Waals surface area contributed by atoms with Gasteiger partial charge in [0.15, 0.2) is 0 Å². The number of fused-ring (bicyclic) bond motifs is 1. The minimum Gasteiger partial charge on any atom is -0.379 e. The zero-order valence-corrected chi connectivity index (χ0v) is 23.4. The maximum Gasteiger partial charge on any atom is 0.244 e. The number of anilines is 1. The number of para-hydroxylation sites is 1. The van der Waals surface area contributed by atoms with Crippen molar-refractivity contribution in [3.63, 3.8) is 0 Å². The Balaban J connectivity index is 1.18. The number of carbonyl (C=O) groups is 2. The molecular weight excluding hydrogens is 542 g/mol. The number of hydrogen-bond acceptors (Lipinski definition) is 11. The van der Waals surface area contributed by atoms with Crippen LogP contribution in [0.2, 0.25) is 0 Å². The van der Waals surface area contributed by atoms with Crippen LogP contribution in [-0.2, 0) is 43.4 Å². The third-order valence-electron chi connectivity index (χ3n) is 7.32. The van der Waals surface area contributed by atoms with Gasteiger partial charge in [-0.25, -0.2) is 4.68 Å². The van der Waals surface area contributed by atoms with Crippen molar-refractivity contribution in [3.05, 3.63) is 65.5 Å². The lowest BCUT2D eigenvalue weighted by atomic mass is 9.95. The molecule has 0 radical (unpaired) electrons. The number of rotatable bonds is 15. The minimum atomic E-state index is -0.966. The molecule has 0 saturated carbocycles. The van der Waals surface area contributed by atoms with E-state index in [0.717, 1.165) is 33.6 Å². The summed E-state index contributed by atoms with van der Waals surface area (Å²) in [5.41, 5.74) is 10.4. The zero-order chi connectivity index (χ0) is 29.3. The number of aliphatic hydroxyl groups is 1. The van der Waals surface area contributed by atoms with Crippen molar-refractivity contribution in [2.75, 3.05) is 45.1 Å². The lowest BCUT2D eigenvalue weighted by Crippen LogP contribution is -2.51. The Morgan fingerprint density at radius 2 is 1.76 bits per heavy atom. The van der Waals surface area contributed by atoms with Gasteiger partial charge in [0.2, 0.25) is 11.8 Å². The van der Waals surface area contributed by atoms with Crippen molar-refractivity contribution in [2.45, 2.75) is 44.7 Å². The van der Waals surface area contributed by atoms with Gasteiger partial charge in [-0.3, -0.25) is 19.8 Å². The van der Waals surface area contributed by atoms with Gasteiger partial charge in [-0.15, -0.1) is 5.10 Å². The molecule has 2 atom stereocenters. The smallest absolute Gasteiger partial charge is 0.244 e. The van der Waals surface area contributed by atoms with Crippen LogP contribution < -0.4 is 16.4 Å². The third kappa shape index (κ3) is 7.18. The first-order valence-electron chi connectivity index (χ1n) is 14.1. The van der Waals surface area contributed by atoms with Crippen LogP contribution in [0.3, 0.4) is 0 Å². The van der Waals surface area contributed by atoms with E-state index in [1.54, 1.807) is 9.58 Å². The Bertz CT molecular complexity index is 1370. The van der Waals surface area contributed by atoms with E-state index in [1.807, 2.05) is 48.7 Å². The van der Waals surface area contributed by atoms with E-state index in [1.165, 1.54) is 0 Å². The van der Waals surface area contributed by atoms with E-state index >= 15 is 0 Å². The van der Waals surface area contributed by atoms with E-state index < -0.39 is 12.3 Å². The Kier molecular flexibility index (Phi) is 10.2. The molecule has 0 aliphatic carbocycles. The van der Waals surface area contributed by atoms with Crippen molar-refractivity contribution in [1.82, 2.24) is 25.2 Å². The molecule has 2 unspecified atom stereocenters. The summed E-state index contributed by atoms with van der Waals surface area (Å²) < 4.78 is 17.7. The minimum absolute atomic E-state index is 0.188. The van der Waals surface area contributed by atoms with E-state index in [4.69, 9.17) is 19.9 Å². The molecule has 0 spiro atoms. The number of carbonyl (C=O) groups excluding carboxylic acids is 2. The molecule has 1 fully saturated rings. The first-order valence-corrected chi connectivity index (χ1v) is 14.1. The Morgan fingerprint density at radius 1 is 1.00 bits per heavy atom.